The number of piperidine rings is 1. The number of carbonyl (C=O) groups excluding carboxylic acids is 1. The Morgan fingerprint density at radius 3 is 2.70 bits per heavy atom. The maximum Gasteiger partial charge on any atom is 0.220 e. The van der Waals surface area contributed by atoms with Crippen molar-refractivity contribution in [3.63, 3.8) is 0 Å². The Labute approximate surface area is 165 Å². The molecule has 1 aromatic heterocycles. The SMILES string of the molecule is Cc1ccc2sc(N3CCC(CC(=O)NC4CCOCC4)CC3)nc2c1C. The van der Waals surface area contributed by atoms with Crippen LogP contribution in [-0.2, 0) is 9.53 Å². The zero-order valence-electron chi connectivity index (χ0n) is 16.3. The first kappa shape index (κ1) is 18.7. The van der Waals surface area contributed by atoms with E-state index in [0.717, 1.165) is 62.6 Å². The number of ether oxygens (including phenoxy) is 1. The van der Waals surface area contributed by atoms with Gasteiger partial charge in [-0.25, -0.2) is 4.98 Å². The molecule has 2 aliphatic rings. The van der Waals surface area contributed by atoms with Crippen molar-refractivity contribution in [3.8, 4) is 0 Å². The van der Waals surface area contributed by atoms with Gasteiger partial charge in [0.2, 0.25) is 5.91 Å². The molecule has 5 nitrogen and oxygen atoms in total. The number of benzene rings is 1. The van der Waals surface area contributed by atoms with Crippen LogP contribution >= 0.6 is 11.3 Å². The lowest BCUT2D eigenvalue weighted by atomic mass is 9.93. The van der Waals surface area contributed by atoms with Crippen LogP contribution in [0.5, 0.6) is 0 Å². The van der Waals surface area contributed by atoms with Crippen LogP contribution in [0.3, 0.4) is 0 Å². The molecule has 0 atom stereocenters. The molecule has 0 aliphatic carbocycles. The highest BCUT2D eigenvalue weighted by Gasteiger charge is 2.25. The average molecular weight is 388 g/mol. The van der Waals surface area contributed by atoms with Gasteiger partial charge in [-0.05, 0) is 62.6 Å². The highest BCUT2D eigenvalue weighted by molar-refractivity contribution is 7.22. The second-order valence-corrected chi connectivity index (χ2v) is 8.95. The number of amides is 1. The van der Waals surface area contributed by atoms with E-state index in [4.69, 9.17) is 9.72 Å². The van der Waals surface area contributed by atoms with Crippen molar-refractivity contribution in [2.75, 3.05) is 31.2 Å². The van der Waals surface area contributed by atoms with Gasteiger partial charge in [-0.3, -0.25) is 4.79 Å². The number of thiazole rings is 1. The Morgan fingerprint density at radius 1 is 1.22 bits per heavy atom. The van der Waals surface area contributed by atoms with Crippen molar-refractivity contribution in [2.24, 2.45) is 5.92 Å². The zero-order chi connectivity index (χ0) is 18.8. The summed E-state index contributed by atoms with van der Waals surface area (Å²) in [6.45, 7) is 7.82. The minimum absolute atomic E-state index is 0.214. The molecule has 3 heterocycles. The Balaban J connectivity index is 1.31. The molecule has 146 valence electrons. The molecule has 2 aliphatic heterocycles. The van der Waals surface area contributed by atoms with E-state index in [-0.39, 0.29) is 5.91 Å². The number of fused-ring (bicyclic) bond motifs is 1. The van der Waals surface area contributed by atoms with E-state index in [0.29, 0.717) is 18.4 Å². The highest BCUT2D eigenvalue weighted by Crippen LogP contribution is 2.34. The second kappa shape index (κ2) is 8.15. The third kappa shape index (κ3) is 4.27. The van der Waals surface area contributed by atoms with Crippen molar-refractivity contribution in [1.82, 2.24) is 10.3 Å². The molecule has 2 fully saturated rings. The monoisotopic (exact) mass is 387 g/mol. The predicted molar refractivity (Wildman–Crippen MR) is 111 cm³/mol. The average Bonchev–Trinajstić information content (AvgIpc) is 3.11. The van der Waals surface area contributed by atoms with Gasteiger partial charge >= 0.3 is 0 Å². The first-order chi connectivity index (χ1) is 13.1. The number of hydrogen-bond donors (Lipinski definition) is 1. The van der Waals surface area contributed by atoms with Gasteiger partial charge in [0, 0.05) is 38.8 Å². The van der Waals surface area contributed by atoms with E-state index < -0.39 is 0 Å². The van der Waals surface area contributed by atoms with Crippen molar-refractivity contribution >= 4 is 32.6 Å². The summed E-state index contributed by atoms with van der Waals surface area (Å²) in [5, 5.41) is 4.32. The Morgan fingerprint density at radius 2 is 1.96 bits per heavy atom. The number of rotatable bonds is 4. The molecule has 4 rings (SSSR count). The van der Waals surface area contributed by atoms with Crippen LogP contribution in [-0.4, -0.2) is 43.2 Å². The third-order valence-corrected chi connectivity index (χ3v) is 7.10. The molecule has 1 N–H and O–H groups in total. The molecule has 1 aromatic carbocycles. The number of aromatic nitrogens is 1. The van der Waals surface area contributed by atoms with Crippen LogP contribution in [0.1, 0.15) is 43.2 Å². The molecule has 0 radical (unpaired) electrons. The summed E-state index contributed by atoms with van der Waals surface area (Å²) in [5.74, 6) is 0.700. The van der Waals surface area contributed by atoms with Crippen molar-refractivity contribution in [2.45, 2.75) is 52.0 Å². The Hall–Kier alpha value is -1.66. The fourth-order valence-corrected chi connectivity index (χ4v) is 5.15. The normalized spacial score (nSPS) is 19.6. The molecular weight excluding hydrogens is 358 g/mol. The zero-order valence-corrected chi connectivity index (χ0v) is 17.1. The van der Waals surface area contributed by atoms with E-state index in [1.807, 2.05) is 0 Å². The predicted octanol–water partition coefficient (Wildman–Crippen LogP) is 3.81. The largest absolute Gasteiger partial charge is 0.381 e. The summed E-state index contributed by atoms with van der Waals surface area (Å²) >= 11 is 1.79. The fourth-order valence-electron chi connectivity index (χ4n) is 4.07. The summed E-state index contributed by atoms with van der Waals surface area (Å²) in [5.41, 5.74) is 3.73. The number of aryl methyl sites for hydroxylation is 2. The molecule has 0 saturated carbocycles. The van der Waals surface area contributed by atoms with Gasteiger partial charge in [0.1, 0.15) is 0 Å². The number of carbonyl (C=O) groups is 1. The lowest BCUT2D eigenvalue weighted by Gasteiger charge is -2.32. The van der Waals surface area contributed by atoms with Crippen LogP contribution in [0.15, 0.2) is 12.1 Å². The van der Waals surface area contributed by atoms with Crippen LogP contribution < -0.4 is 10.2 Å². The first-order valence-electron chi connectivity index (χ1n) is 10.1. The second-order valence-electron chi connectivity index (χ2n) is 7.94. The Kier molecular flexibility index (Phi) is 5.64. The molecule has 2 aromatic rings. The van der Waals surface area contributed by atoms with Crippen LogP contribution in [0.2, 0.25) is 0 Å². The number of nitrogens with one attached hydrogen (secondary N) is 1. The maximum atomic E-state index is 12.3. The smallest absolute Gasteiger partial charge is 0.220 e. The number of anilines is 1. The Bertz CT molecular complexity index is 805. The van der Waals surface area contributed by atoms with Gasteiger partial charge in [-0.2, -0.15) is 0 Å². The minimum Gasteiger partial charge on any atom is -0.381 e. The fraction of sp³-hybridized carbons (Fsp3) is 0.619. The van der Waals surface area contributed by atoms with Crippen molar-refractivity contribution in [3.05, 3.63) is 23.3 Å². The standard InChI is InChI=1S/C21H29N3O2S/c1-14-3-4-18-20(15(14)2)23-21(27-18)24-9-5-16(6-10-24)13-19(25)22-17-7-11-26-12-8-17/h3-4,16-17H,5-13H2,1-2H3,(H,22,25). The lowest BCUT2D eigenvalue weighted by Crippen LogP contribution is -2.41. The number of hydrogen-bond acceptors (Lipinski definition) is 5. The highest BCUT2D eigenvalue weighted by atomic mass is 32.1. The van der Waals surface area contributed by atoms with E-state index in [2.05, 4.69) is 36.2 Å². The maximum absolute atomic E-state index is 12.3. The topological polar surface area (TPSA) is 54.5 Å². The van der Waals surface area contributed by atoms with Crippen LogP contribution in [0, 0.1) is 19.8 Å². The van der Waals surface area contributed by atoms with Gasteiger partial charge in [-0.1, -0.05) is 17.4 Å². The lowest BCUT2D eigenvalue weighted by molar-refractivity contribution is -0.123. The molecule has 2 saturated heterocycles. The number of nitrogens with zero attached hydrogens (tertiary/aromatic N) is 2. The summed E-state index contributed by atoms with van der Waals surface area (Å²) in [4.78, 5) is 19.7. The molecule has 27 heavy (non-hydrogen) atoms. The van der Waals surface area contributed by atoms with Gasteiger partial charge in [-0.15, -0.1) is 0 Å². The molecule has 0 spiro atoms. The van der Waals surface area contributed by atoms with Crippen LogP contribution in [0.4, 0.5) is 5.13 Å². The molecule has 1 amide bonds. The van der Waals surface area contributed by atoms with E-state index in [1.165, 1.54) is 15.8 Å². The van der Waals surface area contributed by atoms with Crippen molar-refractivity contribution in [1.29, 1.82) is 0 Å². The minimum atomic E-state index is 0.214. The molecule has 0 bridgehead atoms. The summed E-state index contributed by atoms with van der Waals surface area (Å²) in [6.07, 6.45) is 4.68. The van der Waals surface area contributed by atoms with Gasteiger partial charge in [0.25, 0.3) is 0 Å². The quantitative estimate of drug-likeness (QED) is 0.867. The summed E-state index contributed by atoms with van der Waals surface area (Å²) < 4.78 is 6.63. The van der Waals surface area contributed by atoms with Crippen molar-refractivity contribution < 1.29 is 9.53 Å². The van der Waals surface area contributed by atoms with E-state index >= 15 is 0 Å². The van der Waals surface area contributed by atoms with E-state index in [9.17, 15) is 4.79 Å². The molecule has 0 unspecified atom stereocenters. The summed E-state index contributed by atoms with van der Waals surface area (Å²) in [6, 6.07) is 4.68. The van der Waals surface area contributed by atoms with Gasteiger partial charge in [0.05, 0.1) is 10.2 Å². The first-order valence-corrected chi connectivity index (χ1v) is 10.9. The van der Waals surface area contributed by atoms with Crippen LogP contribution in [0.25, 0.3) is 10.2 Å². The van der Waals surface area contributed by atoms with E-state index in [1.54, 1.807) is 11.3 Å². The summed E-state index contributed by atoms with van der Waals surface area (Å²) in [7, 11) is 0. The third-order valence-electron chi connectivity index (χ3n) is 6.02. The molecule has 6 heteroatoms. The molecular formula is C21H29N3O2S. The van der Waals surface area contributed by atoms with Gasteiger partial charge in [0.15, 0.2) is 5.13 Å². The van der Waals surface area contributed by atoms with Gasteiger partial charge < -0.3 is 15.0 Å².